The van der Waals surface area contributed by atoms with Gasteiger partial charge >= 0.3 is 6.09 Å². The fraction of sp³-hybridized carbons (Fsp3) is 0.167. The van der Waals surface area contributed by atoms with E-state index in [-0.39, 0.29) is 4.21 Å². The molecule has 0 aliphatic carbocycles. The van der Waals surface area contributed by atoms with Gasteiger partial charge < -0.3 is 4.74 Å². The van der Waals surface area contributed by atoms with E-state index in [9.17, 15) is 13.2 Å². The van der Waals surface area contributed by atoms with Crippen molar-refractivity contribution in [2.75, 3.05) is 7.11 Å². The number of amides is 1. The molecular formula is C6H7NO4S2. The minimum absolute atomic E-state index is 0.0814. The first-order chi connectivity index (χ1) is 6.06. The van der Waals surface area contributed by atoms with Gasteiger partial charge in [-0.25, -0.2) is 17.9 Å². The predicted octanol–water partition coefficient (Wildman–Crippen LogP) is 0.793. The van der Waals surface area contributed by atoms with Gasteiger partial charge in [0.25, 0.3) is 10.0 Å². The van der Waals surface area contributed by atoms with E-state index in [2.05, 4.69) is 4.74 Å². The zero-order valence-corrected chi connectivity index (χ0v) is 8.31. The lowest BCUT2D eigenvalue weighted by atomic mass is 10.7. The minimum Gasteiger partial charge on any atom is -0.452 e. The molecular weight excluding hydrogens is 214 g/mol. The van der Waals surface area contributed by atoms with Gasteiger partial charge in [0.1, 0.15) is 4.21 Å². The molecule has 0 aromatic carbocycles. The second-order valence-corrected chi connectivity index (χ2v) is 4.89. The van der Waals surface area contributed by atoms with E-state index in [1.54, 1.807) is 16.2 Å². The second kappa shape index (κ2) is 3.75. The summed E-state index contributed by atoms with van der Waals surface area (Å²) in [6.07, 6.45) is -0.992. The predicted molar refractivity (Wildman–Crippen MR) is 47.0 cm³/mol. The molecule has 7 heteroatoms. The zero-order valence-electron chi connectivity index (χ0n) is 6.68. The fourth-order valence-electron chi connectivity index (χ4n) is 0.618. The van der Waals surface area contributed by atoms with Gasteiger partial charge in [-0.15, -0.1) is 11.3 Å². The van der Waals surface area contributed by atoms with Crippen molar-refractivity contribution in [1.29, 1.82) is 0 Å². The zero-order chi connectivity index (χ0) is 9.90. The van der Waals surface area contributed by atoms with Gasteiger partial charge in [0.15, 0.2) is 0 Å². The molecule has 0 spiro atoms. The molecule has 5 nitrogen and oxygen atoms in total. The highest BCUT2D eigenvalue weighted by Crippen LogP contribution is 2.14. The number of ether oxygens (including phenoxy) is 1. The first-order valence-electron chi connectivity index (χ1n) is 3.20. The van der Waals surface area contributed by atoms with Crippen LogP contribution in [0.25, 0.3) is 0 Å². The maximum atomic E-state index is 11.3. The molecule has 0 unspecified atom stereocenters. The Morgan fingerprint density at radius 2 is 2.31 bits per heavy atom. The molecule has 0 radical (unpaired) electrons. The van der Waals surface area contributed by atoms with Crippen LogP contribution in [0.5, 0.6) is 0 Å². The van der Waals surface area contributed by atoms with Crippen LogP contribution in [0.2, 0.25) is 0 Å². The van der Waals surface area contributed by atoms with Crippen molar-refractivity contribution in [2.24, 2.45) is 0 Å². The number of hydrogen-bond acceptors (Lipinski definition) is 5. The molecule has 1 heterocycles. The van der Waals surface area contributed by atoms with Crippen molar-refractivity contribution in [3.63, 3.8) is 0 Å². The number of hydrogen-bond donors (Lipinski definition) is 1. The highest BCUT2D eigenvalue weighted by atomic mass is 32.2. The van der Waals surface area contributed by atoms with Crippen LogP contribution in [-0.2, 0) is 14.8 Å². The smallest absolute Gasteiger partial charge is 0.420 e. The van der Waals surface area contributed by atoms with Crippen molar-refractivity contribution in [3.05, 3.63) is 17.5 Å². The van der Waals surface area contributed by atoms with Gasteiger partial charge in [-0.2, -0.15) is 0 Å². The van der Waals surface area contributed by atoms with E-state index in [0.717, 1.165) is 18.4 Å². The Labute approximate surface area is 79.4 Å². The normalized spacial score (nSPS) is 10.8. The Hall–Kier alpha value is -1.08. The molecule has 0 bridgehead atoms. The van der Waals surface area contributed by atoms with Crippen LogP contribution in [-0.4, -0.2) is 21.6 Å². The summed E-state index contributed by atoms with van der Waals surface area (Å²) in [6.45, 7) is 0. The first kappa shape index (κ1) is 10.0. The molecule has 0 saturated carbocycles. The SMILES string of the molecule is COC(=O)NS(=O)(=O)c1cccs1. The van der Waals surface area contributed by atoms with Crippen LogP contribution in [0.4, 0.5) is 4.79 Å². The maximum Gasteiger partial charge on any atom is 0.420 e. The van der Waals surface area contributed by atoms with Gasteiger partial charge in [-0.1, -0.05) is 6.07 Å². The van der Waals surface area contributed by atoms with Gasteiger partial charge in [-0.05, 0) is 11.4 Å². The van der Waals surface area contributed by atoms with Crippen molar-refractivity contribution < 1.29 is 17.9 Å². The summed E-state index contributed by atoms with van der Waals surface area (Å²) in [7, 11) is -2.64. The number of rotatable bonds is 2. The van der Waals surface area contributed by atoms with Gasteiger partial charge in [0, 0.05) is 0 Å². The van der Waals surface area contributed by atoms with E-state index in [1.807, 2.05) is 0 Å². The fourth-order valence-corrected chi connectivity index (χ4v) is 2.53. The standard InChI is InChI=1S/C6H7NO4S2/c1-11-6(8)7-13(9,10)5-3-2-4-12-5/h2-4H,1H3,(H,7,8). The lowest BCUT2D eigenvalue weighted by Gasteiger charge is -2.01. The Kier molecular flexibility index (Phi) is 2.89. The summed E-state index contributed by atoms with van der Waals surface area (Å²) in [5.74, 6) is 0. The van der Waals surface area contributed by atoms with Gasteiger partial charge in [0.05, 0.1) is 7.11 Å². The van der Waals surface area contributed by atoms with Crippen LogP contribution < -0.4 is 4.72 Å². The van der Waals surface area contributed by atoms with E-state index in [4.69, 9.17) is 0 Å². The van der Waals surface area contributed by atoms with E-state index in [0.29, 0.717) is 0 Å². The summed E-state index contributed by atoms with van der Waals surface area (Å²) in [4.78, 5) is 10.6. The number of carbonyl (C=O) groups excluding carboxylic acids is 1. The summed E-state index contributed by atoms with van der Waals surface area (Å²) < 4.78 is 28.5. The molecule has 0 aliphatic heterocycles. The number of methoxy groups -OCH3 is 1. The number of sulfonamides is 1. The van der Waals surface area contributed by atoms with Crippen LogP contribution in [0.1, 0.15) is 0 Å². The molecule has 13 heavy (non-hydrogen) atoms. The number of thiophene rings is 1. The second-order valence-electron chi connectivity index (χ2n) is 2.03. The first-order valence-corrected chi connectivity index (χ1v) is 5.57. The third-order valence-electron chi connectivity index (χ3n) is 1.16. The van der Waals surface area contributed by atoms with E-state index < -0.39 is 16.1 Å². The van der Waals surface area contributed by atoms with Crippen LogP contribution >= 0.6 is 11.3 Å². The molecule has 1 aromatic heterocycles. The minimum atomic E-state index is -3.73. The van der Waals surface area contributed by atoms with Crippen LogP contribution in [0.15, 0.2) is 21.7 Å². The van der Waals surface area contributed by atoms with Gasteiger partial charge in [0.2, 0.25) is 0 Å². The van der Waals surface area contributed by atoms with Crippen molar-refractivity contribution >= 4 is 27.5 Å². The summed E-state index contributed by atoms with van der Waals surface area (Å²) in [6, 6.07) is 2.98. The quantitative estimate of drug-likeness (QED) is 0.801. The molecule has 1 rings (SSSR count). The average Bonchev–Trinajstić information content (AvgIpc) is 2.55. The summed E-state index contributed by atoms with van der Waals surface area (Å²) in [5, 5.41) is 1.60. The maximum absolute atomic E-state index is 11.3. The number of carbonyl (C=O) groups is 1. The summed E-state index contributed by atoms with van der Waals surface area (Å²) in [5.41, 5.74) is 0. The topological polar surface area (TPSA) is 72.5 Å². The monoisotopic (exact) mass is 221 g/mol. The molecule has 0 atom stereocenters. The Morgan fingerprint density at radius 1 is 1.62 bits per heavy atom. The number of nitrogens with one attached hydrogen (secondary N) is 1. The molecule has 0 fully saturated rings. The Morgan fingerprint density at radius 3 is 2.77 bits per heavy atom. The summed E-state index contributed by atoms with van der Waals surface area (Å²) >= 11 is 1.02. The molecule has 1 N–H and O–H groups in total. The average molecular weight is 221 g/mol. The lowest BCUT2D eigenvalue weighted by molar-refractivity contribution is 0.177. The van der Waals surface area contributed by atoms with E-state index in [1.165, 1.54) is 6.07 Å². The molecule has 0 saturated heterocycles. The van der Waals surface area contributed by atoms with Crippen LogP contribution in [0.3, 0.4) is 0 Å². The highest BCUT2D eigenvalue weighted by molar-refractivity contribution is 7.92. The lowest BCUT2D eigenvalue weighted by Crippen LogP contribution is -2.29. The van der Waals surface area contributed by atoms with E-state index >= 15 is 0 Å². The molecule has 1 aromatic rings. The molecule has 1 amide bonds. The third-order valence-corrected chi connectivity index (χ3v) is 3.87. The largest absolute Gasteiger partial charge is 0.452 e. The van der Waals surface area contributed by atoms with Crippen molar-refractivity contribution in [1.82, 2.24) is 4.72 Å². The Bertz CT molecular complexity index is 381. The Balaban J connectivity index is 2.86. The highest BCUT2D eigenvalue weighted by Gasteiger charge is 2.18. The third kappa shape index (κ3) is 2.43. The van der Waals surface area contributed by atoms with Crippen LogP contribution in [0, 0.1) is 0 Å². The molecule has 0 aliphatic rings. The van der Waals surface area contributed by atoms with Gasteiger partial charge in [-0.3, -0.25) is 0 Å². The van der Waals surface area contributed by atoms with Crippen molar-refractivity contribution in [3.8, 4) is 0 Å². The molecule has 72 valence electrons. The van der Waals surface area contributed by atoms with Crippen molar-refractivity contribution in [2.45, 2.75) is 4.21 Å².